The SMILES string of the molecule is CCCCC(CCCC)(NC=O)C(=O)O. The maximum absolute atomic E-state index is 11.2. The van der Waals surface area contributed by atoms with Crippen LogP contribution in [0, 0.1) is 0 Å². The zero-order valence-electron chi connectivity index (χ0n) is 9.58. The van der Waals surface area contributed by atoms with Crippen LogP contribution in [-0.4, -0.2) is 23.0 Å². The molecule has 0 saturated carbocycles. The second-order valence-corrected chi connectivity index (χ2v) is 3.86. The van der Waals surface area contributed by atoms with Crippen molar-refractivity contribution in [1.82, 2.24) is 5.32 Å². The van der Waals surface area contributed by atoms with E-state index in [1.165, 1.54) is 0 Å². The zero-order chi connectivity index (χ0) is 11.7. The molecule has 2 N–H and O–H groups in total. The molecule has 0 spiro atoms. The Bertz CT molecular complexity index is 196. The number of hydrogen-bond acceptors (Lipinski definition) is 2. The fraction of sp³-hybridized carbons (Fsp3) is 0.818. The van der Waals surface area contributed by atoms with Gasteiger partial charge in [-0.3, -0.25) is 4.79 Å². The van der Waals surface area contributed by atoms with Gasteiger partial charge in [-0.05, 0) is 12.8 Å². The van der Waals surface area contributed by atoms with Crippen molar-refractivity contribution in [2.45, 2.75) is 57.9 Å². The van der Waals surface area contributed by atoms with Crippen LogP contribution >= 0.6 is 0 Å². The van der Waals surface area contributed by atoms with Gasteiger partial charge >= 0.3 is 5.97 Å². The molecule has 0 atom stereocenters. The van der Waals surface area contributed by atoms with E-state index in [1.807, 2.05) is 13.8 Å². The molecule has 0 fully saturated rings. The molecule has 0 aliphatic rings. The van der Waals surface area contributed by atoms with Crippen LogP contribution in [-0.2, 0) is 9.59 Å². The summed E-state index contributed by atoms with van der Waals surface area (Å²) in [6, 6.07) is 0. The van der Waals surface area contributed by atoms with Gasteiger partial charge in [0, 0.05) is 0 Å². The molecule has 0 heterocycles. The Kier molecular flexibility index (Phi) is 6.75. The Labute approximate surface area is 91.1 Å². The monoisotopic (exact) mass is 215 g/mol. The predicted octanol–water partition coefficient (Wildman–Crippen LogP) is 1.94. The number of aliphatic carboxylic acids is 1. The van der Waals surface area contributed by atoms with E-state index in [9.17, 15) is 14.7 Å². The highest BCUT2D eigenvalue weighted by Crippen LogP contribution is 2.21. The Morgan fingerprint density at radius 1 is 1.27 bits per heavy atom. The summed E-state index contributed by atoms with van der Waals surface area (Å²) in [6.45, 7) is 4.01. The first-order valence-electron chi connectivity index (χ1n) is 5.57. The van der Waals surface area contributed by atoms with E-state index in [-0.39, 0.29) is 0 Å². The van der Waals surface area contributed by atoms with Gasteiger partial charge in [-0.2, -0.15) is 0 Å². The van der Waals surface area contributed by atoms with Crippen LogP contribution in [0.1, 0.15) is 52.4 Å². The lowest BCUT2D eigenvalue weighted by Crippen LogP contribution is -2.51. The number of amides is 1. The van der Waals surface area contributed by atoms with Crippen molar-refractivity contribution >= 4 is 12.4 Å². The highest BCUT2D eigenvalue weighted by molar-refractivity contribution is 5.81. The van der Waals surface area contributed by atoms with Crippen LogP contribution in [0.5, 0.6) is 0 Å². The number of unbranched alkanes of at least 4 members (excludes halogenated alkanes) is 2. The zero-order valence-corrected chi connectivity index (χ0v) is 9.58. The molecule has 0 unspecified atom stereocenters. The quantitative estimate of drug-likeness (QED) is 0.577. The Balaban J connectivity index is 4.55. The molecule has 0 aromatic rings. The summed E-state index contributed by atoms with van der Waals surface area (Å²) in [5, 5.41) is 11.7. The smallest absolute Gasteiger partial charge is 0.329 e. The lowest BCUT2D eigenvalue weighted by molar-refractivity contribution is -0.147. The minimum Gasteiger partial charge on any atom is -0.480 e. The van der Waals surface area contributed by atoms with E-state index in [2.05, 4.69) is 5.32 Å². The summed E-state index contributed by atoms with van der Waals surface area (Å²) < 4.78 is 0. The third-order valence-corrected chi connectivity index (χ3v) is 2.66. The van der Waals surface area contributed by atoms with Gasteiger partial charge in [-0.25, -0.2) is 4.79 Å². The van der Waals surface area contributed by atoms with Crippen LogP contribution in [0.2, 0.25) is 0 Å². The normalized spacial score (nSPS) is 11.1. The minimum atomic E-state index is -1.05. The molecule has 0 aliphatic carbocycles. The summed E-state index contributed by atoms with van der Waals surface area (Å²) in [4.78, 5) is 21.7. The second kappa shape index (κ2) is 7.26. The van der Waals surface area contributed by atoms with Crippen molar-refractivity contribution in [3.8, 4) is 0 Å². The van der Waals surface area contributed by atoms with Gasteiger partial charge < -0.3 is 10.4 Å². The molecule has 0 saturated heterocycles. The maximum atomic E-state index is 11.2. The van der Waals surface area contributed by atoms with Gasteiger partial charge in [-0.15, -0.1) is 0 Å². The van der Waals surface area contributed by atoms with Gasteiger partial charge in [0.2, 0.25) is 6.41 Å². The molecule has 4 nitrogen and oxygen atoms in total. The Morgan fingerprint density at radius 2 is 1.73 bits per heavy atom. The van der Waals surface area contributed by atoms with Crippen molar-refractivity contribution in [1.29, 1.82) is 0 Å². The number of carboxylic acids is 1. The lowest BCUT2D eigenvalue weighted by atomic mass is 9.87. The van der Waals surface area contributed by atoms with Gasteiger partial charge in [0.1, 0.15) is 5.54 Å². The van der Waals surface area contributed by atoms with Crippen LogP contribution in [0.15, 0.2) is 0 Å². The molecule has 0 aromatic carbocycles. The van der Waals surface area contributed by atoms with E-state index < -0.39 is 11.5 Å². The largest absolute Gasteiger partial charge is 0.480 e. The summed E-state index contributed by atoms with van der Waals surface area (Å²) in [5.74, 6) is -0.920. The molecule has 0 radical (unpaired) electrons. The number of hydrogen-bond donors (Lipinski definition) is 2. The highest BCUT2D eigenvalue weighted by atomic mass is 16.4. The topological polar surface area (TPSA) is 66.4 Å². The third kappa shape index (κ3) is 4.32. The van der Waals surface area contributed by atoms with E-state index in [0.717, 1.165) is 25.7 Å². The summed E-state index contributed by atoms with van der Waals surface area (Å²) in [5.41, 5.74) is -1.05. The molecule has 0 bridgehead atoms. The fourth-order valence-corrected chi connectivity index (χ4v) is 1.61. The van der Waals surface area contributed by atoms with Gasteiger partial charge in [0.25, 0.3) is 0 Å². The van der Waals surface area contributed by atoms with E-state index in [1.54, 1.807) is 0 Å². The summed E-state index contributed by atoms with van der Waals surface area (Å²) in [6.07, 6.45) is 5.02. The third-order valence-electron chi connectivity index (χ3n) is 2.66. The molecule has 1 amide bonds. The van der Waals surface area contributed by atoms with Crippen molar-refractivity contribution in [3.05, 3.63) is 0 Å². The highest BCUT2D eigenvalue weighted by Gasteiger charge is 2.36. The number of carbonyl (C=O) groups is 2. The number of nitrogens with one attached hydrogen (secondary N) is 1. The number of carboxylic acid groups (broad SMARTS) is 1. The van der Waals surface area contributed by atoms with Gasteiger partial charge in [0.15, 0.2) is 0 Å². The minimum absolute atomic E-state index is 0.499. The first-order chi connectivity index (χ1) is 7.13. The Hall–Kier alpha value is -1.06. The van der Waals surface area contributed by atoms with Crippen LogP contribution in [0.3, 0.4) is 0 Å². The molecular weight excluding hydrogens is 194 g/mol. The number of carbonyl (C=O) groups excluding carboxylic acids is 1. The van der Waals surface area contributed by atoms with Crippen molar-refractivity contribution < 1.29 is 14.7 Å². The molecule has 15 heavy (non-hydrogen) atoms. The fourth-order valence-electron chi connectivity index (χ4n) is 1.61. The second-order valence-electron chi connectivity index (χ2n) is 3.86. The van der Waals surface area contributed by atoms with E-state index in [4.69, 9.17) is 0 Å². The van der Waals surface area contributed by atoms with Crippen molar-refractivity contribution in [2.24, 2.45) is 0 Å². The average molecular weight is 215 g/mol. The molecule has 0 aliphatic heterocycles. The summed E-state index contributed by atoms with van der Waals surface area (Å²) >= 11 is 0. The average Bonchev–Trinajstić information content (AvgIpc) is 2.22. The predicted molar refractivity (Wildman–Crippen MR) is 58.6 cm³/mol. The lowest BCUT2D eigenvalue weighted by Gasteiger charge is -2.28. The maximum Gasteiger partial charge on any atom is 0.329 e. The number of rotatable bonds is 9. The van der Waals surface area contributed by atoms with Crippen LogP contribution in [0.4, 0.5) is 0 Å². The van der Waals surface area contributed by atoms with E-state index >= 15 is 0 Å². The van der Waals surface area contributed by atoms with Gasteiger partial charge in [-0.1, -0.05) is 39.5 Å². The molecule has 88 valence electrons. The summed E-state index contributed by atoms with van der Waals surface area (Å²) in [7, 11) is 0. The van der Waals surface area contributed by atoms with Crippen molar-refractivity contribution in [2.75, 3.05) is 0 Å². The first kappa shape index (κ1) is 13.9. The standard InChI is InChI=1S/C11H21NO3/c1-3-5-7-11(10(14)15,12-9-13)8-6-4-2/h9H,3-8H2,1-2H3,(H,12,13)(H,14,15). The molecule has 0 rings (SSSR count). The van der Waals surface area contributed by atoms with E-state index in [0.29, 0.717) is 19.3 Å². The Morgan fingerprint density at radius 3 is 2.00 bits per heavy atom. The van der Waals surface area contributed by atoms with Gasteiger partial charge in [0.05, 0.1) is 0 Å². The molecular formula is C11H21NO3. The first-order valence-corrected chi connectivity index (χ1v) is 5.57. The molecule has 4 heteroatoms. The van der Waals surface area contributed by atoms with Crippen LogP contribution < -0.4 is 5.32 Å². The van der Waals surface area contributed by atoms with Crippen LogP contribution in [0.25, 0.3) is 0 Å². The molecule has 0 aromatic heterocycles. The van der Waals surface area contributed by atoms with Crippen molar-refractivity contribution in [3.63, 3.8) is 0 Å².